The highest BCUT2D eigenvalue weighted by Gasteiger charge is 2.16. The highest BCUT2D eigenvalue weighted by atomic mass is 16.5. The zero-order chi connectivity index (χ0) is 17.4. The number of aromatic carboxylic acids is 2. The number of para-hydroxylation sites is 1. The molecule has 0 radical (unpaired) electrons. The first-order valence-corrected chi connectivity index (χ1v) is 7.14. The average Bonchev–Trinajstić information content (AvgIpc) is 2.58. The molecule has 2 aromatic rings. The van der Waals surface area contributed by atoms with Crippen LogP contribution >= 0.6 is 0 Å². The van der Waals surface area contributed by atoms with Crippen LogP contribution in [0.4, 0.5) is 0 Å². The molecule has 0 atom stereocenters. The molecule has 0 amide bonds. The molecule has 0 aliphatic rings. The van der Waals surface area contributed by atoms with E-state index in [1.165, 1.54) is 18.2 Å². The van der Waals surface area contributed by atoms with Gasteiger partial charge in [-0.2, -0.15) is 0 Å². The summed E-state index contributed by atoms with van der Waals surface area (Å²) in [6, 6.07) is 13.2. The molecule has 6 nitrogen and oxygen atoms in total. The Morgan fingerprint density at radius 2 is 1.38 bits per heavy atom. The van der Waals surface area contributed by atoms with Crippen LogP contribution in [0.3, 0.4) is 0 Å². The van der Waals surface area contributed by atoms with Gasteiger partial charge in [-0.15, -0.1) is 0 Å². The maximum atomic E-state index is 11.1. The molecule has 24 heavy (non-hydrogen) atoms. The number of rotatable bonds is 8. The third-order valence-electron chi connectivity index (χ3n) is 3.05. The summed E-state index contributed by atoms with van der Waals surface area (Å²) in [5, 5.41) is 18.0. The molecule has 0 unspecified atom stereocenters. The first kappa shape index (κ1) is 17.1. The van der Waals surface area contributed by atoms with Gasteiger partial charge in [-0.3, -0.25) is 0 Å². The number of hydrogen-bond donors (Lipinski definition) is 2. The summed E-state index contributed by atoms with van der Waals surface area (Å²) >= 11 is 0. The number of hydrogen-bond acceptors (Lipinski definition) is 4. The zero-order valence-corrected chi connectivity index (χ0v) is 12.7. The second-order valence-electron chi connectivity index (χ2n) is 4.72. The first-order chi connectivity index (χ1) is 11.6. The Hall–Kier alpha value is -3.28. The highest BCUT2D eigenvalue weighted by Crippen LogP contribution is 2.18. The van der Waals surface area contributed by atoms with Gasteiger partial charge < -0.3 is 19.7 Å². The third-order valence-corrected chi connectivity index (χ3v) is 3.05. The van der Waals surface area contributed by atoms with Crippen molar-refractivity contribution in [3.05, 3.63) is 71.8 Å². The van der Waals surface area contributed by atoms with E-state index in [9.17, 15) is 9.59 Å². The fraction of sp³-hybridized carbons (Fsp3) is 0.111. The van der Waals surface area contributed by atoms with Crippen LogP contribution in [0.15, 0.2) is 60.7 Å². The molecule has 0 saturated heterocycles. The SMILES string of the molecule is O=C(O)c1ccc(OCC=CCOc2ccccc2)cc1C(=O)O. The Morgan fingerprint density at radius 1 is 0.792 bits per heavy atom. The van der Waals surface area contributed by atoms with Crippen molar-refractivity contribution in [2.24, 2.45) is 0 Å². The molecular weight excluding hydrogens is 312 g/mol. The maximum Gasteiger partial charge on any atom is 0.336 e. The largest absolute Gasteiger partial charge is 0.490 e. The van der Waals surface area contributed by atoms with Crippen molar-refractivity contribution < 1.29 is 29.3 Å². The van der Waals surface area contributed by atoms with Crippen LogP contribution in [0, 0.1) is 0 Å². The fourth-order valence-corrected chi connectivity index (χ4v) is 1.92. The number of benzene rings is 2. The minimum Gasteiger partial charge on any atom is -0.490 e. The molecule has 2 N–H and O–H groups in total. The molecule has 2 rings (SSSR count). The second-order valence-corrected chi connectivity index (χ2v) is 4.72. The van der Waals surface area contributed by atoms with E-state index in [0.717, 1.165) is 5.75 Å². The van der Waals surface area contributed by atoms with Gasteiger partial charge in [0.05, 0.1) is 11.1 Å². The van der Waals surface area contributed by atoms with E-state index in [-0.39, 0.29) is 23.5 Å². The smallest absolute Gasteiger partial charge is 0.336 e. The van der Waals surface area contributed by atoms with E-state index in [0.29, 0.717) is 6.61 Å². The molecule has 0 spiro atoms. The Bertz CT molecular complexity index is 736. The molecular formula is C18H16O6. The van der Waals surface area contributed by atoms with Crippen molar-refractivity contribution in [2.75, 3.05) is 13.2 Å². The van der Waals surface area contributed by atoms with E-state index in [1.54, 1.807) is 12.2 Å². The van der Waals surface area contributed by atoms with Gasteiger partial charge in [0.1, 0.15) is 24.7 Å². The number of carboxylic acid groups (broad SMARTS) is 2. The van der Waals surface area contributed by atoms with Gasteiger partial charge in [-0.25, -0.2) is 9.59 Å². The van der Waals surface area contributed by atoms with Crippen molar-refractivity contribution in [3.63, 3.8) is 0 Å². The summed E-state index contributed by atoms with van der Waals surface area (Å²) in [5.41, 5.74) is -0.585. The summed E-state index contributed by atoms with van der Waals surface area (Å²) in [6.45, 7) is 0.593. The van der Waals surface area contributed by atoms with Crippen LogP contribution in [-0.4, -0.2) is 35.4 Å². The van der Waals surface area contributed by atoms with Gasteiger partial charge in [0.2, 0.25) is 0 Å². The van der Waals surface area contributed by atoms with Gasteiger partial charge in [-0.05, 0) is 42.5 Å². The van der Waals surface area contributed by atoms with Gasteiger partial charge in [0.15, 0.2) is 0 Å². The molecule has 0 aliphatic heterocycles. The predicted octanol–water partition coefficient (Wildman–Crippen LogP) is 3.10. The Balaban J connectivity index is 1.86. The lowest BCUT2D eigenvalue weighted by Crippen LogP contribution is -2.08. The van der Waals surface area contributed by atoms with Crippen molar-refractivity contribution >= 4 is 11.9 Å². The van der Waals surface area contributed by atoms with Gasteiger partial charge in [-0.1, -0.05) is 18.2 Å². The quantitative estimate of drug-likeness (QED) is 0.723. The highest BCUT2D eigenvalue weighted by molar-refractivity contribution is 6.01. The molecule has 124 valence electrons. The summed E-state index contributed by atoms with van der Waals surface area (Å²) in [4.78, 5) is 22.0. The number of ether oxygens (including phenoxy) is 2. The Kier molecular flexibility index (Phi) is 5.96. The van der Waals surface area contributed by atoms with E-state index in [4.69, 9.17) is 19.7 Å². The molecule has 2 aromatic carbocycles. The lowest BCUT2D eigenvalue weighted by molar-refractivity contribution is 0.0651. The molecule has 0 bridgehead atoms. The van der Waals surface area contributed by atoms with Crippen LogP contribution in [0.1, 0.15) is 20.7 Å². The number of carbonyl (C=O) groups is 2. The van der Waals surface area contributed by atoms with Crippen LogP contribution < -0.4 is 9.47 Å². The third kappa shape index (κ3) is 4.88. The average molecular weight is 328 g/mol. The van der Waals surface area contributed by atoms with E-state index >= 15 is 0 Å². The van der Waals surface area contributed by atoms with Crippen molar-refractivity contribution in [1.29, 1.82) is 0 Å². The molecule has 0 fully saturated rings. The summed E-state index contributed by atoms with van der Waals surface area (Å²) < 4.78 is 10.9. The summed E-state index contributed by atoms with van der Waals surface area (Å²) in [6.07, 6.45) is 3.51. The zero-order valence-electron chi connectivity index (χ0n) is 12.7. The topological polar surface area (TPSA) is 93.1 Å². The Morgan fingerprint density at radius 3 is 1.96 bits per heavy atom. The summed E-state index contributed by atoms with van der Waals surface area (Å²) in [7, 11) is 0. The van der Waals surface area contributed by atoms with Crippen molar-refractivity contribution in [2.45, 2.75) is 0 Å². The molecule has 0 heterocycles. The van der Waals surface area contributed by atoms with Crippen LogP contribution in [-0.2, 0) is 0 Å². The Labute approximate surface area is 138 Å². The van der Waals surface area contributed by atoms with Crippen molar-refractivity contribution in [1.82, 2.24) is 0 Å². The fourth-order valence-electron chi connectivity index (χ4n) is 1.92. The summed E-state index contributed by atoms with van der Waals surface area (Å²) in [5.74, 6) is -1.56. The lowest BCUT2D eigenvalue weighted by atomic mass is 10.1. The normalized spacial score (nSPS) is 10.5. The second kappa shape index (κ2) is 8.38. The standard InChI is InChI=1S/C18H16O6/c19-17(20)15-9-8-14(12-16(15)18(21)22)24-11-5-4-10-23-13-6-2-1-3-7-13/h1-9,12H,10-11H2,(H,19,20)(H,21,22). The number of carboxylic acids is 2. The van der Waals surface area contributed by atoms with E-state index < -0.39 is 11.9 Å². The van der Waals surface area contributed by atoms with Crippen molar-refractivity contribution in [3.8, 4) is 11.5 Å². The molecule has 6 heteroatoms. The first-order valence-electron chi connectivity index (χ1n) is 7.14. The molecule has 0 aromatic heterocycles. The minimum atomic E-state index is -1.32. The van der Waals surface area contributed by atoms with Gasteiger partial charge in [0, 0.05) is 0 Å². The predicted molar refractivity (Wildman–Crippen MR) is 86.9 cm³/mol. The van der Waals surface area contributed by atoms with Gasteiger partial charge >= 0.3 is 11.9 Å². The van der Waals surface area contributed by atoms with E-state index in [1.807, 2.05) is 30.3 Å². The van der Waals surface area contributed by atoms with Crippen LogP contribution in [0.25, 0.3) is 0 Å². The van der Waals surface area contributed by atoms with E-state index in [2.05, 4.69) is 0 Å². The minimum absolute atomic E-state index is 0.212. The van der Waals surface area contributed by atoms with Gasteiger partial charge in [0.25, 0.3) is 0 Å². The monoisotopic (exact) mass is 328 g/mol. The van der Waals surface area contributed by atoms with Crippen LogP contribution in [0.2, 0.25) is 0 Å². The van der Waals surface area contributed by atoms with Crippen LogP contribution in [0.5, 0.6) is 11.5 Å². The lowest BCUT2D eigenvalue weighted by Gasteiger charge is -2.07. The molecule has 0 aliphatic carbocycles. The molecule has 0 saturated carbocycles. The maximum absolute atomic E-state index is 11.1.